The highest BCUT2D eigenvalue weighted by atomic mass is 32.2. The Bertz CT molecular complexity index is 473. The number of hydrogen-bond donors (Lipinski definition) is 0. The molecule has 0 aliphatic heterocycles. The van der Waals surface area contributed by atoms with Gasteiger partial charge in [-0.3, -0.25) is 0 Å². The Morgan fingerprint density at radius 2 is 1.94 bits per heavy atom. The van der Waals surface area contributed by atoms with Crippen LogP contribution in [-0.2, 0) is 5.75 Å². The molecule has 0 aliphatic rings. The average Bonchev–Trinajstić information content (AvgIpc) is 2.73. The summed E-state index contributed by atoms with van der Waals surface area (Å²) in [4.78, 5) is 1.27. The Kier molecular flexibility index (Phi) is 3.89. The molecule has 0 spiro atoms. The van der Waals surface area contributed by atoms with Gasteiger partial charge in [-0.25, -0.2) is 0 Å². The average molecular weight is 247 g/mol. The van der Waals surface area contributed by atoms with Crippen LogP contribution in [0.1, 0.15) is 36.8 Å². The summed E-state index contributed by atoms with van der Waals surface area (Å²) >= 11 is 1.78. The van der Waals surface area contributed by atoms with Gasteiger partial charge in [0.25, 0.3) is 0 Å². The lowest BCUT2D eigenvalue weighted by molar-refractivity contribution is 0.393. The number of aryl methyl sites for hydroxylation is 1. The summed E-state index contributed by atoms with van der Waals surface area (Å²) in [5.74, 6) is 2.32. The zero-order valence-corrected chi connectivity index (χ0v) is 11.3. The molecule has 2 aromatic rings. The van der Waals surface area contributed by atoms with Crippen LogP contribution < -0.4 is 0 Å². The lowest BCUT2D eigenvalue weighted by atomic mass is 10.0. The van der Waals surface area contributed by atoms with Crippen molar-refractivity contribution >= 4 is 11.8 Å². The van der Waals surface area contributed by atoms with Crippen molar-refractivity contribution < 1.29 is 4.52 Å². The number of rotatable bonds is 4. The van der Waals surface area contributed by atoms with E-state index in [0.29, 0.717) is 5.92 Å². The summed E-state index contributed by atoms with van der Waals surface area (Å²) in [6, 6.07) is 10.7. The van der Waals surface area contributed by atoms with Gasteiger partial charge in [0.1, 0.15) is 5.76 Å². The van der Waals surface area contributed by atoms with E-state index in [1.807, 2.05) is 13.0 Å². The van der Waals surface area contributed by atoms with E-state index >= 15 is 0 Å². The minimum Gasteiger partial charge on any atom is -0.361 e. The van der Waals surface area contributed by atoms with Gasteiger partial charge in [-0.2, -0.15) is 0 Å². The second-order valence-electron chi connectivity index (χ2n) is 4.44. The molecule has 0 N–H and O–H groups in total. The largest absolute Gasteiger partial charge is 0.361 e. The fourth-order valence-electron chi connectivity index (χ4n) is 1.59. The molecule has 3 heteroatoms. The molecular weight excluding hydrogens is 230 g/mol. The highest BCUT2D eigenvalue weighted by molar-refractivity contribution is 7.98. The quantitative estimate of drug-likeness (QED) is 0.749. The van der Waals surface area contributed by atoms with Gasteiger partial charge in [-0.15, -0.1) is 11.8 Å². The smallest absolute Gasteiger partial charge is 0.133 e. The predicted octanol–water partition coefficient (Wildman–Crippen LogP) is 4.40. The van der Waals surface area contributed by atoms with E-state index in [1.54, 1.807) is 11.8 Å². The Labute approximate surface area is 106 Å². The fraction of sp³-hybridized carbons (Fsp3) is 0.357. The maximum Gasteiger partial charge on any atom is 0.133 e. The van der Waals surface area contributed by atoms with Crippen LogP contribution in [0, 0.1) is 6.92 Å². The van der Waals surface area contributed by atoms with Crippen LogP contribution in [0.3, 0.4) is 0 Å². The van der Waals surface area contributed by atoms with Gasteiger partial charge in [-0.1, -0.05) is 31.1 Å². The summed E-state index contributed by atoms with van der Waals surface area (Å²) < 4.78 is 5.04. The van der Waals surface area contributed by atoms with E-state index in [0.717, 1.165) is 17.2 Å². The van der Waals surface area contributed by atoms with Crippen molar-refractivity contribution in [2.75, 3.05) is 0 Å². The standard InChI is InChI=1S/C14H17NOS/c1-10(2)12-4-6-14(7-5-12)17-9-13-8-11(3)16-15-13/h4-8,10H,9H2,1-3H3. The maximum atomic E-state index is 5.04. The lowest BCUT2D eigenvalue weighted by Crippen LogP contribution is -1.86. The molecule has 0 unspecified atom stereocenters. The SMILES string of the molecule is Cc1cc(CSc2ccc(C(C)C)cc2)no1. The zero-order valence-electron chi connectivity index (χ0n) is 10.4. The molecule has 1 aromatic carbocycles. The van der Waals surface area contributed by atoms with Crippen molar-refractivity contribution in [2.45, 2.75) is 37.3 Å². The van der Waals surface area contributed by atoms with Gasteiger partial charge in [0, 0.05) is 16.7 Å². The van der Waals surface area contributed by atoms with Crippen LogP contribution >= 0.6 is 11.8 Å². The fourth-order valence-corrected chi connectivity index (χ4v) is 2.37. The predicted molar refractivity (Wildman–Crippen MR) is 71.3 cm³/mol. The number of benzene rings is 1. The molecule has 90 valence electrons. The molecule has 0 saturated carbocycles. The summed E-state index contributed by atoms with van der Waals surface area (Å²) in [6.07, 6.45) is 0. The molecule has 0 saturated heterocycles. The van der Waals surface area contributed by atoms with E-state index in [9.17, 15) is 0 Å². The van der Waals surface area contributed by atoms with Gasteiger partial charge in [-0.05, 0) is 30.5 Å². The second kappa shape index (κ2) is 5.41. The van der Waals surface area contributed by atoms with Gasteiger partial charge >= 0.3 is 0 Å². The highest BCUT2D eigenvalue weighted by Crippen LogP contribution is 2.24. The minimum absolute atomic E-state index is 0.590. The minimum atomic E-state index is 0.590. The zero-order chi connectivity index (χ0) is 12.3. The molecule has 17 heavy (non-hydrogen) atoms. The summed E-state index contributed by atoms with van der Waals surface area (Å²) in [5, 5.41) is 3.98. The summed E-state index contributed by atoms with van der Waals surface area (Å²) in [6.45, 7) is 6.33. The van der Waals surface area contributed by atoms with Crippen molar-refractivity contribution in [2.24, 2.45) is 0 Å². The molecular formula is C14H17NOS. The Hall–Kier alpha value is -1.22. The number of aromatic nitrogens is 1. The molecule has 1 aromatic heterocycles. The van der Waals surface area contributed by atoms with Crippen LogP contribution in [0.15, 0.2) is 39.8 Å². The Balaban J connectivity index is 1.95. The third-order valence-electron chi connectivity index (χ3n) is 2.61. The van der Waals surface area contributed by atoms with E-state index in [4.69, 9.17) is 4.52 Å². The van der Waals surface area contributed by atoms with E-state index in [1.165, 1.54) is 10.5 Å². The number of thioether (sulfide) groups is 1. The van der Waals surface area contributed by atoms with Crippen LogP contribution in [0.25, 0.3) is 0 Å². The van der Waals surface area contributed by atoms with Crippen molar-refractivity contribution in [3.8, 4) is 0 Å². The van der Waals surface area contributed by atoms with E-state index in [2.05, 4.69) is 43.3 Å². The van der Waals surface area contributed by atoms with Crippen LogP contribution in [0.4, 0.5) is 0 Å². The van der Waals surface area contributed by atoms with Crippen molar-refractivity contribution in [3.63, 3.8) is 0 Å². The van der Waals surface area contributed by atoms with Gasteiger partial charge in [0.2, 0.25) is 0 Å². The van der Waals surface area contributed by atoms with Crippen molar-refractivity contribution in [1.29, 1.82) is 0 Å². The summed E-state index contributed by atoms with van der Waals surface area (Å²) in [7, 11) is 0. The topological polar surface area (TPSA) is 26.0 Å². The first-order valence-electron chi connectivity index (χ1n) is 5.80. The Morgan fingerprint density at radius 1 is 1.24 bits per heavy atom. The first kappa shape index (κ1) is 12.2. The third-order valence-corrected chi connectivity index (χ3v) is 3.66. The molecule has 2 nitrogen and oxygen atoms in total. The maximum absolute atomic E-state index is 5.04. The second-order valence-corrected chi connectivity index (χ2v) is 5.49. The van der Waals surface area contributed by atoms with Crippen molar-refractivity contribution in [3.05, 3.63) is 47.3 Å². The molecule has 2 rings (SSSR count). The monoisotopic (exact) mass is 247 g/mol. The van der Waals surface area contributed by atoms with Crippen LogP contribution in [0.2, 0.25) is 0 Å². The molecule has 0 aliphatic carbocycles. The highest BCUT2D eigenvalue weighted by Gasteiger charge is 2.02. The van der Waals surface area contributed by atoms with Crippen LogP contribution in [0.5, 0.6) is 0 Å². The molecule has 0 radical (unpaired) electrons. The molecule has 0 bridgehead atoms. The van der Waals surface area contributed by atoms with Crippen molar-refractivity contribution in [1.82, 2.24) is 5.16 Å². The van der Waals surface area contributed by atoms with Gasteiger partial charge < -0.3 is 4.52 Å². The normalized spacial score (nSPS) is 11.1. The first-order chi connectivity index (χ1) is 8.15. The Morgan fingerprint density at radius 3 is 2.47 bits per heavy atom. The molecule has 0 atom stereocenters. The van der Waals surface area contributed by atoms with Gasteiger partial charge in [0.05, 0.1) is 5.69 Å². The first-order valence-corrected chi connectivity index (χ1v) is 6.78. The molecule has 0 amide bonds. The molecule has 1 heterocycles. The molecule has 0 fully saturated rings. The number of nitrogens with zero attached hydrogens (tertiary/aromatic N) is 1. The third kappa shape index (κ3) is 3.37. The lowest BCUT2D eigenvalue weighted by Gasteiger charge is -2.05. The van der Waals surface area contributed by atoms with Gasteiger partial charge in [0.15, 0.2) is 0 Å². The van der Waals surface area contributed by atoms with E-state index in [-0.39, 0.29) is 0 Å². The number of hydrogen-bond acceptors (Lipinski definition) is 3. The van der Waals surface area contributed by atoms with Crippen LogP contribution in [-0.4, -0.2) is 5.16 Å². The summed E-state index contributed by atoms with van der Waals surface area (Å²) in [5.41, 5.74) is 2.38. The van der Waals surface area contributed by atoms with E-state index < -0.39 is 0 Å².